The van der Waals surface area contributed by atoms with Crippen molar-refractivity contribution in [3.8, 4) is 10.6 Å². The third-order valence-corrected chi connectivity index (χ3v) is 5.42. The Hall–Kier alpha value is -2.77. The van der Waals surface area contributed by atoms with Gasteiger partial charge in [0.25, 0.3) is 5.91 Å². The number of nitrogens with zero attached hydrogens (tertiary/aromatic N) is 1. The summed E-state index contributed by atoms with van der Waals surface area (Å²) in [7, 11) is 0. The molecule has 3 aromatic heterocycles. The van der Waals surface area contributed by atoms with Crippen molar-refractivity contribution in [2.75, 3.05) is 5.32 Å². The number of fused-ring (bicyclic) bond motifs is 1. The molecule has 0 spiro atoms. The Balaban J connectivity index is 1.66. The number of hydrogen-bond acceptors (Lipinski definition) is 6. The van der Waals surface area contributed by atoms with Crippen molar-refractivity contribution >= 4 is 44.7 Å². The molecule has 0 aliphatic heterocycles. The molecule has 7 heteroatoms. The van der Waals surface area contributed by atoms with Crippen LogP contribution in [0.25, 0.3) is 21.5 Å². The zero-order valence-electron chi connectivity index (χ0n) is 13.1. The Morgan fingerprint density at radius 1 is 1.20 bits per heavy atom. The van der Waals surface area contributed by atoms with Gasteiger partial charge >= 0.3 is 5.63 Å². The number of carbonyl (C=O) groups is 1. The summed E-state index contributed by atoms with van der Waals surface area (Å²) in [4.78, 5) is 31.1. The Bertz CT molecular complexity index is 1130. The molecule has 0 unspecified atom stereocenters. The number of aryl methyl sites for hydroxylation is 1. The number of hydrogen-bond donors (Lipinski definition) is 1. The topological polar surface area (TPSA) is 72.2 Å². The highest BCUT2D eigenvalue weighted by Crippen LogP contribution is 2.33. The van der Waals surface area contributed by atoms with E-state index in [4.69, 9.17) is 4.42 Å². The van der Waals surface area contributed by atoms with Crippen LogP contribution in [-0.2, 0) is 0 Å². The number of amides is 1. The lowest BCUT2D eigenvalue weighted by Crippen LogP contribution is -2.20. The van der Waals surface area contributed by atoms with Gasteiger partial charge in [-0.3, -0.25) is 10.1 Å². The highest BCUT2D eigenvalue weighted by molar-refractivity contribution is 7.17. The summed E-state index contributed by atoms with van der Waals surface area (Å²) in [5, 5.41) is 5.83. The van der Waals surface area contributed by atoms with Crippen molar-refractivity contribution in [1.29, 1.82) is 0 Å². The average molecular weight is 368 g/mol. The van der Waals surface area contributed by atoms with Gasteiger partial charge in [-0.2, -0.15) is 0 Å². The van der Waals surface area contributed by atoms with Gasteiger partial charge < -0.3 is 4.42 Å². The van der Waals surface area contributed by atoms with E-state index in [1.54, 1.807) is 29.5 Å². The van der Waals surface area contributed by atoms with Crippen LogP contribution in [0.2, 0.25) is 0 Å². The molecule has 124 valence electrons. The number of para-hydroxylation sites is 1. The maximum atomic E-state index is 12.5. The van der Waals surface area contributed by atoms with Crippen LogP contribution in [0.3, 0.4) is 0 Å². The first-order valence-corrected chi connectivity index (χ1v) is 9.17. The lowest BCUT2D eigenvalue weighted by atomic mass is 10.2. The van der Waals surface area contributed by atoms with Gasteiger partial charge in [0, 0.05) is 10.3 Å². The molecule has 0 aliphatic rings. The van der Waals surface area contributed by atoms with Crippen LogP contribution < -0.4 is 10.9 Å². The molecule has 0 saturated carbocycles. The molecule has 4 rings (SSSR count). The van der Waals surface area contributed by atoms with E-state index < -0.39 is 11.5 Å². The fraction of sp³-hybridized carbons (Fsp3) is 0.0556. The molecule has 0 saturated heterocycles. The van der Waals surface area contributed by atoms with Crippen molar-refractivity contribution in [2.24, 2.45) is 0 Å². The summed E-state index contributed by atoms with van der Waals surface area (Å²) < 4.78 is 5.21. The molecule has 0 bridgehead atoms. The van der Waals surface area contributed by atoms with Gasteiger partial charge in [0.1, 0.15) is 11.1 Å². The Morgan fingerprint density at radius 2 is 2.04 bits per heavy atom. The minimum absolute atomic E-state index is 0.0378. The van der Waals surface area contributed by atoms with Gasteiger partial charge in [-0.25, -0.2) is 9.78 Å². The van der Waals surface area contributed by atoms with E-state index in [-0.39, 0.29) is 5.56 Å². The minimum Gasteiger partial charge on any atom is -0.422 e. The standard InChI is InChI=1S/C18H12N2O3S2/c1-10-15(14-7-4-8-24-14)19-18(25-10)20-16(21)12-9-11-5-2-3-6-13(11)23-17(12)22/h2-9H,1H3,(H,19,20,21). The zero-order chi connectivity index (χ0) is 17.4. The van der Waals surface area contributed by atoms with E-state index in [2.05, 4.69) is 10.3 Å². The molecular weight excluding hydrogens is 356 g/mol. The minimum atomic E-state index is -0.664. The Labute approximate surface area is 150 Å². The second kappa shape index (κ2) is 6.27. The second-order valence-corrected chi connectivity index (χ2v) is 7.49. The highest BCUT2D eigenvalue weighted by Gasteiger charge is 2.17. The summed E-state index contributed by atoms with van der Waals surface area (Å²) in [6.07, 6.45) is 0. The fourth-order valence-corrected chi connectivity index (χ4v) is 4.14. The molecule has 1 N–H and O–H groups in total. The van der Waals surface area contributed by atoms with E-state index in [1.807, 2.05) is 30.5 Å². The first kappa shape index (κ1) is 15.7. The van der Waals surface area contributed by atoms with Gasteiger partial charge in [-0.05, 0) is 30.5 Å². The van der Waals surface area contributed by atoms with E-state index in [0.29, 0.717) is 16.1 Å². The van der Waals surface area contributed by atoms with E-state index in [1.165, 1.54) is 17.4 Å². The summed E-state index contributed by atoms with van der Waals surface area (Å²) in [6, 6.07) is 12.6. The summed E-state index contributed by atoms with van der Waals surface area (Å²) >= 11 is 2.97. The first-order chi connectivity index (χ1) is 12.1. The number of carbonyl (C=O) groups excluding carboxylic acids is 1. The molecule has 0 radical (unpaired) electrons. The molecule has 0 fully saturated rings. The van der Waals surface area contributed by atoms with E-state index in [0.717, 1.165) is 15.4 Å². The van der Waals surface area contributed by atoms with Crippen LogP contribution >= 0.6 is 22.7 Å². The van der Waals surface area contributed by atoms with Crippen molar-refractivity contribution in [3.05, 3.63) is 68.7 Å². The number of thiophene rings is 1. The van der Waals surface area contributed by atoms with Crippen LogP contribution in [-0.4, -0.2) is 10.9 Å². The first-order valence-electron chi connectivity index (χ1n) is 7.47. The van der Waals surface area contributed by atoms with Crippen molar-refractivity contribution in [2.45, 2.75) is 6.92 Å². The predicted molar refractivity (Wildman–Crippen MR) is 101 cm³/mol. The lowest BCUT2D eigenvalue weighted by molar-refractivity contribution is 0.102. The predicted octanol–water partition coefficient (Wildman–Crippen LogP) is 4.54. The van der Waals surface area contributed by atoms with E-state index in [9.17, 15) is 9.59 Å². The molecular formula is C18H12N2O3S2. The van der Waals surface area contributed by atoms with Crippen LogP contribution in [0.5, 0.6) is 0 Å². The van der Waals surface area contributed by atoms with Crippen LogP contribution in [0.15, 0.2) is 57.1 Å². The zero-order valence-corrected chi connectivity index (χ0v) is 14.7. The molecule has 0 aliphatic carbocycles. The fourth-order valence-electron chi connectivity index (χ4n) is 2.48. The van der Waals surface area contributed by atoms with Gasteiger partial charge in [-0.15, -0.1) is 22.7 Å². The summed E-state index contributed by atoms with van der Waals surface area (Å²) in [5.74, 6) is -0.522. The summed E-state index contributed by atoms with van der Waals surface area (Å²) in [6.45, 7) is 1.95. The van der Waals surface area contributed by atoms with Crippen molar-refractivity contribution < 1.29 is 9.21 Å². The van der Waals surface area contributed by atoms with Gasteiger partial charge in [0.2, 0.25) is 0 Å². The number of aromatic nitrogens is 1. The smallest absolute Gasteiger partial charge is 0.349 e. The molecule has 3 heterocycles. The maximum Gasteiger partial charge on any atom is 0.349 e. The molecule has 25 heavy (non-hydrogen) atoms. The molecule has 0 atom stereocenters. The number of nitrogens with one attached hydrogen (secondary N) is 1. The molecule has 5 nitrogen and oxygen atoms in total. The van der Waals surface area contributed by atoms with E-state index >= 15 is 0 Å². The number of rotatable bonds is 3. The SMILES string of the molecule is Cc1sc(NC(=O)c2cc3ccccc3oc2=O)nc1-c1cccs1. The average Bonchev–Trinajstić information content (AvgIpc) is 3.23. The number of thiazole rings is 1. The van der Waals surface area contributed by atoms with Crippen LogP contribution in [0.1, 0.15) is 15.2 Å². The largest absolute Gasteiger partial charge is 0.422 e. The molecule has 4 aromatic rings. The van der Waals surface area contributed by atoms with Crippen molar-refractivity contribution in [3.63, 3.8) is 0 Å². The normalized spacial score (nSPS) is 10.9. The quantitative estimate of drug-likeness (QED) is 0.539. The second-order valence-electron chi connectivity index (χ2n) is 5.34. The van der Waals surface area contributed by atoms with Crippen LogP contribution in [0, 0.1) is 6.92 Å². The summed E-state index contributed by atoms with van der Waals surface area (Å²) in [5.41, 5.74) is 0.599. The van der Waals surface area contributed by atoms with Gasteiger partial charge in [-0.1, -0.05) is 24.3 Å². The lowest BCUT2D eigenvalue weighted by Gasteiger charge is -2.02. The third kappa shape index (κ3) is 2.99. The molecule has 1 amide bonds. The Morgan fingerprint density at radius 3 is 2.84 bits per heavy atom. The monoisotopic (exact) mass is 368 g/mol. The third-order valence-electron chi connectivity index (χ3n) is 3.66. The highest BCUT2D eigenvalue weighted by atomic mass is 32.1. The maximum absolute atomic E-state index is 12.5. The number of anilines is 1. The Kier molecular flexibility index (Phi) is 3.95. The van der Waals surface area contributed by atoms with Crippen LogP contribution in [0.4, 0.5) is 5.13 Å². The molecule has 1 aromatic carbocycles. The van der Waals surface area contributed by atoms with Crippen molar-refractivity contribution in [1.82, 2.24) is 4.98 Å². The van der Waals surface area contributed by atoms with Gasteiger partial charge in [0.05, 0.1) is 10.6 Å². The number of benzene rings is 1. The van der Waals surface area contributed by atoms with Gasteiger partial charge in [0.15, 0.2) is 5.13 Å².